The average molecular weight is 392 g/mol. The van der Waals surface area contributed by atoms with Gasteiger partial charge in [-0.3, -0.25) is 4.98 Å². The van der Waals surface area contributed by atoms with Gasteiger partial charge in [-0.2, -0.15) is 13.2 Å². The number of halogens is 3. The monoisotopic (exact) mass is 392 g/mol. The van der Waals surface area contributed by atoms with Crippen molar-refractivity contribution in [3.05, 3.63) is 24.0 Å². The fourth-order valence-electron chi connectivity index (χ4n) is 2.48. The normalized spacial score (nSPS) is 18.6. The molecule has 2 N–H and O–H groups in total. The molecule has 0 spiro atoms. The minimum atomic E-state index is -5.08. The predicted octanol–water partition coefficient (Wildman–Crippen LogP) is 3.23. The maximum absolute atomic E-state index is 10.6. The van der Waals surface area contributed by atoms with Crippen molar-refractivity contribution in [2.75, 3.05) is 26.9 Å². The largest absolute Gasteiger partial charge is 0.491 e. The number of carboxylic acid groups (broad SMARTS) is 1. The van der Waals surface area contributed by atoms with E-state index in [1.807, 2.05) is 6.20 Å². The van der Waals surface area contributed by atoms with Gasteiger partial charge in [-0.05, 0) is 36.3 Å². The maximum atomic E-state index is 10.6. The van der Waals surface area contributed by atoms with Crippen molar-refractivity contribution in [1.29, 1.82) is 0 Å². The molecule has 2 rings (SSSR count). The Labute approximate surface area is 157 Å². The summed E-state index contributed by atoms with van der Waals surface area (Å²) in [5.41, 5.74) is 1.31. The predicted molar refractivity (Wildman–Crippen MR) is 93.9 cm³/mol. The average Bonchev–Trinajstić information content (AvgIpc) is 3.36. The number of nitrogens with one attached hydrogen (secondary N) is 1. The first-order valence-electron chi connectivity index (χ1n) is 8.75. The molecule has 9 heteroatoms. The molecule has 0 radical (unpaired) electrons. The third-order valence-electron chi connectivity index (χ3n) is 3.94. The Morgan fingerprint density at radius 1 is 1.37 bits per heavy atom. The number of pyridine rings is 1. The summed E-state index contributed by atoms with van der Waals surface area (Å²) in [4.78, 5) is 13.2. The Kier molecular flexibility index (Phi) is 9.51. The molecule has 1 heterocycles. The topological polar surface area (TPSA) is 80.7 Å². The zero-order valence-electron chi connectivity index (χ0n) is 15.8. The molecule has 1 aromatic rings. The molecule has 1 aliphatic carbocycles. The summed E-state index contributed by atoms with van der Waals surface area (Å²) in [7, 11) is 1.76. The van der Waals surface area contributed by atoms with Crippen LogP contribution in [-0.2, 0) is 9.53 Å². The molecule has 154 valence electrons. The highest BCUT2D eigenvalue weighted by Crippen LogP contribution is 2.49. The van der Waals surface area contributed by atoms with Gasteiger partial charge in [-0.1, -0.05) is 13.8 Å². The minimum absolute atomic E-state index is 0.496. The van der Waals surface area contributed by atoms with E-state index in [9.17, 15) is 13.2 Å². The molecule has 1 fully saturated rings. The van der Waals surface area contributed by atoms with Crippen LogP contribution in [0, 0.1) is 5.92 Å². The van der Waals surface area contributed by atoms with Crippen LogP contribution in [0.1, 0.15) is 38.2 Å². The van der Waals surface area contributed by atoms with Crippen LogP contribution in [0.5, 0.6) is 5.75 Å². The minimum Gasteiger partial charge on any atom is -0.491 e. The zero-order chi connectivity index (χ0) is 20.4. The van der Waals surface area contributed by atoms with E-state index in [1.54, 1.807) is 13.3 Å². The molecule has 0 saturated heterocycles. The van der Waals surface area contributed by atoms with Gasteiger partial charge < -0.3 is 19.9 Å². The van der Waals surface area contributed by atoms with E-state index in [2.05, 4.69) is 30.2 Å². The fraction of sp³-hybridized carbons (Fsp3) is 0.667. The van der Waals surface area contributed by atoms with E-state index in [0.717, 1.165) is 31.2 Å². The van der Waals surface area contributed by atoms with Crippen LogP contribution in [-0.4, -0.2) is 55.1 Å². The zero-order valence-corrected chi connectivity index (χ0v) is 15.8. The lowest BCUT2D eigenvalue weighted by atomic mass is 10.1. The first-order chi connectivity index (χ1) is 12.6. The number of nitrogens with zero attached hydrogens (tertiary/aromatic N) is 1. The number of alkyl halides is 3. The highest BCUT2D eigenvalue weighted by Gasteiger charge is 2.38. The van der Waals surface area contributed by atoms with E-state index in [4.69, 9.17) is 19.4 Å². The van der Waals surface area contributed by atoms with Gasteiger partial charge in [-0.25, -0.2) is 4.79 Å². The second kappa shape index (κ2) is 11.1. The molecule has 2 atom stereocenters. The van der Waals surface area contributed by atoms with Crippen LogP contribution in [0.3, 0.4) is 0 Å². The summed E-state index contributed by atoms with van der Waals surface area (Å²) in [5, 5.41) is 10.5. The molecule has 0 amide bonds. The van der Waals surface area contributed by atoms with Gasteiger partial charge in [0.1, 0.15) is 12.4 Å². The summed E-state index contributed by atoms with van der Waals surface area (Å²) in [6.07, 6.45) is 1.08. The second-order valence-electron chi connectivity index (χ2n) is 6.60. The van der Waals surface area contributed by atoms with Crippen LogP contribution in [0.2, 0.25) is 0 Å². The Morgan fingerprint density at radius 2 is 2.04 bits per heavy atom. The molecule has 1 aromatic heterocycles. The maximum Gasteiger partial charge on any atom is 0.490 e. The fourth-order valence-corrected chi connectivity index (χ4v) is 2.48. The number of methoxy groups -OCH3 is 1. The third kappa shape index (κ3) is 9.58. The van der Waals surface area contributed by atoms with Gasteiger partial charge in [0.05, 0.1) is 6.20 Å². The van der Waals surface area contributed by atoms with E-state index in [1.165, 1.54) is 12.0 Å². The first kappa shape index (κ1) is 23.2. The summed E-state index contributed by atoms with van der Waals surface area (Å²) in [5.74, 6) is -0.470. The molecule has 0 aliphatic heterocycles. The van der Waals surface area contributed by atoms with Gasteiger partial charge in [-0.15, -0.1) is 0 Å². The number of hydrogen-bond donors (Lipinski definition) is 2. The van der Waals surface area contributed by atoms with Gasteiger partial charge in [0.2, 0.25) is 0 Å². The quantitative estimate of drug-likeness (QED) is 0.628. The Morgan fingerprint density at radius 3 is 2.59 bits per heavy atom. The Balaban J connectivity index is 0.000000445. The summed E-state index contributed by atoms with van der Waals surface area (Å²) < 4.78 is 42.6. The number of carbonyl (C=O) groups is 1. The lowest BCUT2D eigenvalue weighted by molar-refractivity contribution is -0.192. The number of ether oxygens (including phenoxy) is 2. The molecular formula is C18H27F3N2O4. The van der Waals surface area contributed by atoms with Crippen molar-refractivity contribution < 1.29 is 32.5 Å². The highest BCUT2D eigenvalue weighted by molar-refractivity contribution is 5.73. The lowest BCUT2D eigenvalue weighted by Crippen LogP contribution is -2.27. The SMILES string of the molecule is COCC[C@H]1C[C@@H]1c1cncc(OCCNC(C)C)c1.O=C(O)C(F)(F)F. The molecule has 1 saturated carbocycles. The van der Waals surface area contributed by atoms with Crippen LogP contribution in [0.15, 0.2) is 18.5 Å². The molecule has 1 aliphatic rings. The molecule has 0 aromatic carbocycles. The van der Waals surface area contributed by atoms with E-state index in [0.29, 0.717) is 18.6 Å². The highest BCUT2D eigenvalue weighted by atomic mass is 19.4. The Bertz CT molecular complexity index is 582. The number of carboxylic acids is 1. The Hall–Kier alpha value is -1.87. The molecular weight excluding hydrogens is 365 g/mol. The first-order valence-corrected chi connectivity index (χ1v) is 8.75. The smallest absolute Gasteiger partial charge is 0.490 e. The second-order valence-corrected chi connectivity index (χ2v) is 6.60. The van der Waals surface area contributed by atoms with Crippen LogP contribution in [0.4, 0.5) is 13.2 Å². The molecule has 0 bridgehead atoms. The van der Waals surface area contributed by atoms with Gasteiger partial charge >= 0.3 is 12.1 Å². The molecule has 6 nitrogen and oxygen atoms in total. The van der Waals surface area contributed by atoms with Crippen molar-refractivity contribution in [3.63, 3.8) is 0 Å². The molecule has 0 unspecified atom stereocenters. The van der Waals surface area contributed by atoms with Crippen molar-refractivity contribution in [3.8, 4) is 5.75 Å². The van der Waals surface area contributed by atoms with E-state index in [-0.39, 0.29) is 0 Å². The van der Waals surface area contributed by atoms with E-state index >= 15 is 0 Å². The molecule has 27 heavy (non-hydrogen) atoms. The summed E-state index contributed by atoms with van der Waals surface area (Å²) in [6, 6.07) is 2.64. The van der Waals surface area contributed by atoms with Crippen molar-refractivity contribution in [2.24, 2.45) is 5.92 Å². The number of aliphatic carboxylic acids is 1. The van der Waals surface area contributed by atoms with Crippen molar-refractivity contribution in [2.45, 2.75) is 44.8 Å². The van der Waals surface area contributed by atoms with E-state index < -0.39 is 12.1 Å². The summed E-state index contributed by atoms with van der Waals surface area (Å²) >= 11 is 0. The lowest BCUT2D eigenvalue weighted by Gasteiger charge is -2.10. The number of aromatic nitrogens is 1. The van der Waals surface area contributed by atoms with Crippen LogP contribution < -0.4 is 10.1 Å². The summed E-state index contributed by atoms with van der Waals surface area (Å²) in [6.45, 7) is 6.67. The van der Waals surface area contributed by atoms with Crippen molar-refractivity contribution >= 4 is 5.97 Å². The van der Waals surface area contributed by atoms with Gasteiger partial charge in [0.15, 0.2) is 0 Å². The van der Waals surface area contributed by atoms with Crippen molar-refractivity contribution in [1.82, 2.24) is 10.3 Å². The van der Waals surface area contributed by atoms with Crippen LogP contribution >= 0.6 is 0 Å². The van der Waals surface area contributed by atoms with Gasteiger partial charge in [0, 0.05) is 32.5 Å². The van der Waals surface area contributed by atoms with Crippen LogP contribution in [0.25, 0.3) is 0 Å². The number of rotatable bonds is 9. The number of hydrogen-bond acceptors (Lipinski definition) is 5. The standard InChI is InChI=1S/C16H26N2O2.C2HF3O2/c1-12(2)18-5-7-20-15-8-14(10-17-11-15)16-9-13(16)4-6-19-3;3-2(4,5)1(6)7/h8,10-13,16,18H,4-7,9H2,1-3H3;(H,6,7)/t13-,16-;/m0./s1. The third-order valence-corrected chi connectivity index (χ3v) is 3.94. The van der Waals surface area contributed by atoms with Gasteiger partial charge in [0.25, 0.3) is 0 Å².